The Morgan fingerprint density at radius 2 is 1.71 bits per heavy atom. The number of ether oxygens (including phenoxy) is 1. The zero-order valence-electron chi connectivity index (χ0n) is 13.5. The van der Waals surface area contributed by atoms with Crippen molar-refractivity contribution in [2.75, 3.05) is 32.1 Å². The minimum atomic E-state index is -0.486. The Kier molecular flexibility index (Phi) is 6.93. The molecule has 5 heteroatoms. The van der Waals surface area contributed by atoms with Crippen LogP contribution in [-0.2, 0) is 4.74 Å². The van der Waals surface area contributed by atoms with Gasteiger partial charge in [0.15, 0.2) is 0 Å². The van der Waals surface area contributed by atoms with Crippen molar-refractivity contribution in [2.24, 2.45) is 0 Å². The van der Waals surface area contributed by atoms with Gasteiger partial charge in [0.1, 0.15) is 5.60 Å². The fourth-order valence-electron chi connectivity index (χ4n) is 1.81. The van der Waals surface area contributed by atoms with Crippen molar-refractivity contribution in [2.45, 2.75) is 32.8 Å². The molecule has 0 aliphatic rings. The summed E-state index contributed by atoms with van der Waals surface area (Å²) in [5, 5.41) is 0. The van der Waals surface area contributed by atoms with E-state index in [2.05, 4.69) is 27.5 Å². The molecule has 0 aliphatic carbocycles. The van der Waals surface area contributed by atoms with Crippen LogP contribution in [-0.4, -0.2) is 43.8 Å². The van der Waals surface area contributed by atoms with Crippen LogP contribution in [0.2, 0.25) is 0 Å². The number of amides is 1. The molecule has 0 aliphatic heterocycles. The monoisotopic (exact) mass is 404 g/mol. The molecule has 0 spiro atoms. The molecule has 4 nitrogen and oxygen atoms in total. The van der Waals surface area contributed by atoms with Gasteiger partial charge >= 0.3 is 6.09 Å². The van der Waals surface area contributed by atoms with Crippen LogP contribution < -0.4 is 4.90 Å². The Hall–Kier alpha value is -0.820. The summed E-state index contributed by atoms with van der Waals surface area (Å²) >= 11 is 2.26. The lowest BCUT2D eigenvalue weighted by atomic mass is 10.2. The second kappa shape index (κ2) is 7.98. The first-order chi connectivity index (χ1) is 9.69. The molecule has 0 radical (unpaired) electrons. The van der Waals surface area contributed by atoms with E-state index in [4.69, 9.17) is 4.74 Å². The van der Waals surface area contributed by atoms with Crippen molar-refractivity contribution in [3.8, 4) is 0 Å². The minimum Gasteiger partial charge on any atom is -0.443 e. The summed E-state index contributed by atoms with van der Waals surface area (Å²) in [5.74, 6) is 0. The zero-order valence-corrected chi connectivity index (χ0v) is 15.7. The normalized spacial score (nSPS) is 11.6. The second-order valence-electron chi connectivity index (χ2n) is 6.27. The van der Waals surface area contributed by atoms with Gasteiger partial charge in [-0.1, -0.05) is 0 Å². The van der Waals surface area contributed by atoms with Gasteiger partial charge in [-0.05, 0) is 94.7 Å². The lowest BCUT2D eigenvalue weighted by Crippen LogP contribution is -2.38. The highest BCUT2D eigenvalue weighted by Crippen LogP contribution is 2.20. The van der Waals surface area contributed by atoms with Gasteiger partial charge < -0.3 is 9.64 Å². The van der Waals surface area contributed by atoms with Crippen LogP contribution in [0.25, 0.3) is 0 Å². The summed E-state index contributed by atoms with van der Waals surface area (Å²) in [7, 11) is 4.06. The first-order valence-corrected chi connectivity index (χ1v) is 8.18. The average molecular weight is 404 g/mol. The third-order valence-corrected chi connectivity index (χ3v) is 3.46. The zero-order chi connectivity index (χ0) is 16.0. The maximum Gasteiger partial charge on any atom is 0.414 e. The quantitative estimate of drug-likeness (QED) is 0.696. The third kappa shape index (κ3) is 7.13. The SMILES string of the molecule is CN(C)CCCN(C(=O)OC(C)(C)C)c1ccc(I)cc1. The average Bonchev–Trinajstić information content (AvgIpc) is 2.33. The Morgan fingerprint density at radius 1 is 1.14 bits per heavy atom. The van der Waals surface area contributed by atoms with Crippen LogP contribution in [0.4, 0.5) is 10.5 Å². The van der Waals surface area contributed by atoms with Gasteiger partial charge in [-0.3, -0.25) is 4.90 Å². The largest absolute Gasteiger partial charge is 0.443 e. The first-order valence-electron chi connectivity index (χ1n) is 7.10. The highest BCUT2D eigenvalue weighted by molar-refractivity contribution is 14.1. The van der Waals surface area contributed by atoms with Crippen LogP contribution >= 0.6 is 22.6 Å². The van der Waals surface area contributed by atoms with Gasteiger partial charge in [0, 0.05) is 15.8 Å². The number of rotatable bonds is 5. The van der Waals surface area contributed by atoms with Crippen molar-refractivity contribution in [1.29, 1.82) is 0 Å². The van der Waals surface area contributed by atoms with E-state index >= 15 is 0 Å². The molecule has 0 bridgehead atoms. The number of carbonyl (C=O) groups is 1. The van der Waals surface area contributed by atoms with E-state index in [1.54, 1.807) is 4.90 Å². The molecule has 0 atom stereocenters. The summed E-state index contributed by atoms with van der Waals surface area (Å²) in [5.41, 5.74) is 0.392. The highest BCUT2D eigenvalue weighted by atomic mass is 127. The number of halogens is 1. The maximum absolute atomic E-state index is 12.4. The lowest BCUT2D eigenvalue weighted by Gasteiger charge is -2.28. The molecule has 0 saturated heterocycles. The summed E-state index contributed by atoms with van der Waals surface area (Å²) in [6.07, 6.45) is 0.612. The van der Waals surface area contributed by atoms with Crippen LogP contribution in [0.5, 0.6) is 0 Å². The molecule has 0 unspecified atom stereocenters. The Balaban J connectivity index is 2.83. The highest BCUT2D eigenvalue weighted by Gasteiger charge is 2.23. The smallest absolute Gasteiger partial charge is 0.414 e. The van der Waals surface area contributed by atoms with E-state index in [1.165, 1.54) is 0 Å². The van der Waals surface area contributed by atoms with Crippen LogP contribution in [0.15, 0.2) is 24.3 Å². The van der Waals surface area contributed by atoms with E-state index in [9.17, 15) is 4.79 Å². The van der Waals surface area contributed by atoms with E-state index < -0.39 is 5.60 Å². The molecule has 0 aromatic heterocycles. The van der Waals surface area contributed by atoms with Gasteiger partial charge in [-0.15, -0.1) is 0 Å². The topological polar surface area (TPSA) is 32.8 Å². The number of hydrogen-bond donors (Lipinski definition) is 0. The van der Waals surface area contributed by atoms with Crippen molar-refractivity contribution in [3.05, 3.63) is 27.8 Å². The lowest BCUT2D eigenvalue weighted by molar-refractivity contribution is 0.0579. The molecule has 0 saturated carbocycles. The van der Waals surface area contributed by atoms with Gasteiger partial charge in [-0.2, -0.15) is 0 Å². The summed E-state index contributed by atoms with van der Waals surface area (Å²) in [6, 6.07) is 7.92. The minimum absolute atomic E-state index is 0.289. The molecule has 0 N–H and O–H groups in total. The molecule has 118 valence electrons. The molecule has 1 aromatic carbocycles. The predicted molar refractivity (Wildman–Crippen MR) is 95.9 cm³/mol. The van der Waals surface area contributed by atoms with Crippen LogP contribution in [0.1, 0.15) is 27.2 Å². The van der Waals surface area contributed by atoms with Crippen molar-refractivity contribution in [3.63, 3.8) is 0 Å². The molecule has 21 heavy (non-hydrogen) atoms. The van der Waals surface area contributed by atoms with Gasteiger partial charge in [-0.25, -0.2) is 4.79 Å². The van der Waals surface area contributed by atoms with Crippen molar-refractivity contribution < 1.29 is 9.53 Å². The van der Waals surface area contributed by atoms with E-state index in [0.29, 0.717) is 6.54 Å². The van der Waals surface area contributed by atoms with E-state index in [-0.39, 0.29) is 6.09 Å². The Labute approximate surface area is 141 Å². The predicted octanol–water partition coefficient (Wildman–Crippen LogP) is 3.98. The molecular formula is C16H25IN2O2. The Morgan fingerprint density at radius 3 is 2.19 bits per heavy atom. The molecule has 1 rings (SSSR count). The summed E-state index contributed by atoms with van der Waals surface area (Å²) < 4.78 is 6.66. The summed E-state index contributed by atoms with van der Waals surface area (Å²) in [6.45, 7) is 7.24. The standard InChI is InChI=1S/C16H25IN2O2/c1-16(2,3)21-15(20)19(12-6-11-18(4)5)14-9-7-13(17)8-10-14/h7-10H,6,11-12H2,1-5H3. The number of hydrogen-bond acceptors (Lipinski definition) is 3. The van der Waals surface area contributed by atoms with E-state index in [0.717, 1.165) is 22.2 Å². The fraction of sp³-hybridized carbons (Fsp3) is 0.562. The maximum atomic E-state index is 12.4. The van der Waals surface area contributed by atoms with E-state index in [1.807, 2.05) is 59.1 Å². The van der Waals surface area contributed by atoms with Crippen LogP contribution in [0.3, 0.4) is 0 Å². The number of nitrogens with zero attached hydrogens (tertiary/aromatic N) is 2. The third-order valence-electron chi connectivity index (χ3n) is 2.74. The van der Waals surface area contributed by atoms with Crippen LogP contribution in [0, 0.1) is 3.57 Å². The first kappa shape index (κ1) is 18.2. The van der Waals surface area contributed by atoms with Gasteiger partial charge in [0.2, 0.25) is 0 Å². The second-order valence-corrected chi connectivity index (χ2v) is 7.51. The molecule has 0 fully saturated rings. The van der Waals surface area contributed by atoms with Crippen molar-refractivity contribution >= 4 is 34.4 Å². The van der Waals surface area contributed by atoms with Gasteiger partial charge in [0.05, 0.1) is 0 Å². The number of carbonyl (C=O) groups excluding carboxylic acids is 1. The molecule has 1 amide bonds. The van der Waals surface area contributed by atoms with Gasteiger partial charge in [0.25, 0.3) is 0 Å². The molecular weight excluding hydrogens is 379 g/mol. The number of benzene rings is 1. The molecule has 0 heterocycles. The number of anilines is 1. The molecule has 1 aromatic rings. The van der Waals surface area contributed by atoms with Crippen molar-refractivity contribution in [1.82, 2.24) is 4.90 Å². The Bertz CT molecular complexity index is 452. The fourth-order valence-corrected chi connectivity index (χ4v) is 2.17. The summed E-state index contributed by atoms with van der Waals surface area (Å²) in [4.78, 5) is 16.2.